The molecule has 6 heteroatoms. The Morgan fingerprint density at radius 1 is 1.24 bits per heavy atom. The van der Waals surface area contributed by atoms with Crippen molar-refractivity contribution in [3.63, 3.8) is 0 Å². The highest BCUT2D eigenvalue weighted by Crippen LogP contribution is 2.19. The number of nitrogens with zero attached hydrogens (tertiary/aromatic N) is 2. The number of halogens is 1. The first-order valence-electron chi connectivity index (χ1n) is 7.96. The molecule has 1 fully saturated rings. The van der Waals surface area contributed by atoms with Gasteiger partial charge in [0.15, 0.2) is 0 Å². The average molecular weight is 340 g/mol. The Hall–Kier alpha value is -2.91. The van der Waals surface area contributed by atoms with Crippen molar-refractivity contribution >= 4 is 5.91 Å². The van der Waals surface area contributed by atoms with E-state index in [1.165, 1.54) is 12.1 Å². The third-order valence-corrected chi connectivity index (χ3v) is 3.99. The minimum Gasteiger partial charge on any atom is -0.489 e. The van der Waals surface area contributed by atoms with Crippen LogP contribution in [0.5, 0.6) is 5.75 Å². The van der Waals surface area contributed by atoms with Gasteiger partial charge >= 0.3 is 0 Å². The SMILES string of the molecule is N#Cc1c(F)cccc1COc1cccc(C(=O)N2CCOCC2)c1. The second-order valence-electron chi connectivity index (χ2n) is 5.61. The predicted molar refractivity (Wildman–Crippen MR) is 88.6 cm³/mol. The van der Waals surface area contributed by atoms with Gasteiger partial charge in [-0.05, 0) is 24.3 Å². The number of benzene rings is 2. The van der Waals surface area contributed by atoms with Gasteiger partial charge in [-0.25, -0.2) is 4.39 Å². The fourth-order valence-corrected chi connectivity index (χ4v) is 2.64. The van der Waals surface area contributed by atoms with Crippen molar-refractivity contribution in [2.45, 2.75) is 6.61 Å². The summed E-state index contributed by atoms with van der Waals surface area (Å²) in [5, 5.41) is 9.05. The summed E-state index contributed by atoms with van der Waals surface area (Å²) in [6, 6.07) is 13.1. The molecule has 25 heavy (non-hydrogen) atoms. The van der Waals surface area contributed by atoms with Crippen LogP contribution in [-0.2, 0) is 11.3 Å². The van der Waals surface area contributed by atoms with Crippen LogP contribution in [0.3, 0.4) is 0 Å². The quantitative estimate of drug-likeness (QED) is 0.859. The van der Waals surface area contributed by atoms with Crippen molar-refractivity contribution in [2.75, 3.05) is 26.3 Å². The van der Waals surface area contributed by atoms with Crippen LogP contribution < -0.4 is 4.74 Å². The van der Waals surface area contributed by atoms with Gasteiger partial charge in [0.05, 0.1) is 18.8 Å². The van der Waals surface area contributed by atoms with Crippen molar-refractivity contribution < 1.29 is 18.7 Å². The number of hydrogen-bond donors (Lipinski definition) is 0. The molecule has 0 spiro atoms. The predicted octanol–water partition coefficient (Wildman–Crippen LogP) is 2.75. The molecule has 1 saturated heterocycles. The van der Waals surface area contributed by atoms with E-state index in [-0.39, 0.29) is 18.1 Å². The lowest BCUT2D eigenvalue weighted by Crippen LogP contribution is -2.40. The molecule has 0 N–H and O–H groups in total. The number of hydrogen-bond acceptors (Lipinski definition) is 4. The fraction of sp³-hybridized carbons (Fsp3) is 0.263. The van der Waals surface area contributed by atoms with E-state index in [0.29, 0.717) is 43.2 Å². The van der Waals surface area contributed by atoms with Crippen molar-refractivity contribution in [1.82, 2.24) is 4.90 Å². The van der Waals surface area contributed by atoms with E-state index < -0.39 is 5.82 Å². The lowest BCUT2D eigenvalue weighted by Gasteiger charge is -2.27. The lowest BCUT2D eigenvalue weighted by atomic mass is 10.1. The monoisotopic (exact) mass is 340 g/mol. The van der Waals surface area contributed by atoms with Gasteiger partial charge in [-0.15, -0.1) is 0 Å². The normalized spacial score (nSPS) is 14.0. The van der Waals surface area contributed by atoms with Gasteiger partial charge in [0.25, 0.3) is 5.91 Å². The molecule has 1 heterocycles. The number of nitriles is 1. The number of carbonyl (C=O) groups excluding carboxylic acids is 1. The number of ether oxygens (including phenoxy) is 2. The van der Waals surface area contributed by atoms with E-state index in [1.807, 2.05) is 6.07 Å². The molecule has 2 aromatic carbocycles. The maximum atomic E-state index is 13.6. The Morgan fingerprint density at radius 3 is 2.76 bits per heavy atom. The van der Waals surface area contributed by atoms with Gasteiger partial charge in [-0.1, -0.05) is 18.2 Å². The first-order valence-corrected chi connectivity index (χ1v) is 7.96. The molecule has 0 radical (unpaired) electrons. The highest BCUT2D eigenvalue weighted by atomic mass is 19.1. The number of amides is 1. The second kappa shape index (κ2) is 7.77. The Kier molecular flexibility index (Phi) is 5.26. The third-order valence-electron chi connectivity index (χ3n) is 3.99. The molecular weight excluding hydrogens is 323 g/mol. The maximum absolute atomic E-state index is 13.6. The van der Waals surface area contributed by atoms with Crippen LogP contribution in [0.2, 0.25) is 0 Å². The molecule has 1 aliphatic heterocycles. The number of morpholine rings is 1. The minimum atomic E-state index is -0.570. The Balaban J connectivity index is 1.71. The maximum Gasteiger partial charge on any atom is 0.254 e. The topological polar surface area (TPSA) is 62.6 Å². The van der Waals surface area contributed by atoms with E-state index in [2.05, 4.69) is 0 Å². The molecule has 0 aliphatic carbocycles. The summed E-state index contributed by atoms with van der Waals surface area (Å²) in [5.41, 5.74) is 0.967. The molecule has 0 aromatic heterocycles. The summed E-state index contributed by atoms with van der Waals surface area (Å²) in [4.78, 5) is 14.2. The molecule has 0 bridgehead atoms. The minimum absolute atomic E-state index is 0.0250. The molecule has 2 aromatic rings. The van der Waals surface area contributed by atoms with E-state index in [4.69, 9.17) is 14.7 Å². The Morgan fingerprint density at radius 2 is 2.00 bits per heavy atom. The van der Waals surface area contributed by atoms with Crippen molar-refractivity contribution in [2.24, 2.45) is 0 Å². The smallest absolute Gasteiger partial charge is 0.254 e. The average Bonchev–Trinajstić information content (AvgIpc) is 2.66. The molecule has 1 aliphatic rings. The third kappa shape index (κ3) is 3.95. The van der Waals surface area contributed by atoms with Gasteiger partial charge in [0.1, 0.15) is 24.2 Å². The summed E-state index contributed by atoms with van der Waals surface area (Å²) in [5.74, 6) is -0.149. The fourth-order valence-electron chi connectivity index (χ4n) is 2.64. The Labute approximate surface area is 145 Å². The summed E-state index contributed by atoms with van der Waals surface area (Å²) < 4.78 is 24.5. The van der Waals surface area contributed by atoms with Crippen LogP contribution in [0.25, 0.3) is 0 Å². The summed E-state index contributed by atoms with van der Waals surface area (Å²) in [6.45, 7) is 2.27. The van der Waals surface area contributed by atoms with Gasteiger partial charge < -0.3 is 14.4 Å². The number of rotatable bonds is 4. The van der Waals surface area contributed by atoms with Crippen LogP contribution in [0.4, 0.5) is 4.39 Å². The van der Waals surface area contributed by atoms with Gasteiger partial charge in [0, 0.05) is 24.2 Å². The first-order chi connectivity index (χ1) is 12.2. The highest BCUT2D eigenvalue weighted by molar-refractivity contribution is 5.94. The zero-order valence-corrected chi connectivity index (χ0v) is 13.6. The summed E-state index contributed by atoms with van der Waals surface area (Å²) >= 11 is 0. The van der Waals surface area contributed by atoms with Crippen LogP contribution in [-0.4, -0.2) is 37.1 Å². The van der Waals surface area contributed by atoms with E-state index in [1.54, 1.807) is 35.2 Å². The van der Waals surface area contributed by atoms with Gasteiger partial charge in [-0.3, -0.25) is 4.79 Å². The zero-order valence-electron chi connectivity index (χ0n) is 13.6. The van der Waals surface area contributed by atoms with Crippen LogP contribution in [0.1, 0.15) is 21.5 Å². The van der Waals surface area contributed by atoms with Gasteiger partial charge in [0.2, 0.25) is 0 Å². The Bertz CT molecular complexity index is 811. The van der Waals surface area contributed by atoms with Crippen molar-refractivity contribution in [3.8, 4) is 11.8 Å². The molecule has 0 unspecified atom stereocenters. The second-order valence-corrected chi connectivity index (χ2v) is 5.61. The largest absolute Gasteiger partial charge is 0.489 e. The van der Waals surface area contributed by atoms with E-state index in [9.17, 15) is 9.18 Å². The molecule has 5 nitrogen and oxygen atoms in total. The van der Waals surface area contributed by atoms with Gasteiger partial charge in [-0.2, -0.15) is 5.26 Å². The van der Waals surface area contributed by atoms with E-state index >= 15 is 0 Å². The van der Waals surface area contributed by atoms with Crippen LogP contribution in [0, 0.1) is 17.1 Å². The zero-order chi connectivity index (χ0) is 17.6. The molecule has 0 saturated carbocycles. The summed E-state index contributed by atoms with van der Waals surface area (Å²) in [7, 11) is 0. The van der Waals surface area contributed by atoms with Crippen LogP contribution in [0.15, 0.2) is 42.5 Å². The van der Waals surface area contributed by atoms with Crippen molar-refractivity contribution in [3.05, 3.63) is 65.0 Å². The molecule has 1 amide bonds. The molecule has 128 valence electrons. The standard InChI is InChI=1S/C19H17FN2O3/c20-18-6-2-4-15(17(18)12-21)13-25-16-5-1-3-14(11-16)19(23)22-7-9-24-10-8-22/h1-6,11H,7-10,13H2. The highest BCUT2D eigenvalue weighted by Gasteiger charge is 2.18. The molecule has 3 rings (SSSR count). The lowest BCUT2D eigenvalue weighted by molar-refractivity contribution is 0.0302. The molecule has 0 atom stereocenters. The van der Waals surface area contributed by atoms with Crippen LogP contribution >= 0.6 is 0 Å². The molecular formula is C19H17FN2O3. The van der Waals surface area contributed by atoms with E-state index in [0.717, 1.165) is 0 Å². The summed E-state index contributed by atoms with van der Waals surface area (Å²) in [6.07, 6.45) is 0. The van der Waals surface area contributed by atoms with Crippen molar-refractivity contribution in [1.29, 1.82) is 5.26 Å². The first kappa shape index (κ1) is 16.9. The number of carbonyl (C=O) groups is 1.